The van der Waals surface area contributed by atoms with Gasteiger partial charge in [0.25, 0.3) is 5.56 Å². The molecule has 0 saturated heterocycles. The van der Waals surface area contributed by atoms with Gasteiger partial charge in [-0.1, -0.05) is 26.0 Å². The number of hydrogen-bond donors (Lipinski definition) is 0. The Morgan fingerprint density at radius 1 is 1.23 bits per heavy atom. The lowest BCUT2D eigenvalue weighted by atomic mass is 10.1. The molecule has 1 atom stereocenters. The summed E-state index contributed by atoms with van der Waals surface area (Å²) in [4.78, 5) is 12.3. The van der Waals surface area contributed by atoms with E-state index in [1.54, 1.807) is 11.7 Å². The smallest absolute Gasteiger partial charge is 0.285 e. The maximum atomic E-state index is 13.2. The molecular formula is C16H17F3N2O. The summed E-state index contributed by atoms with van der Waals surface area (Å²) in [5, 5.41) is 0. The summed E-state index contributed by atoms with van der Waals surface area (Å²) >= 11 is 0. The van der Waals surface area contributed by atoms with Gasteiger partial charge >= 0.3 is 6.18 Å². The molecule has 2 aromatic rings. The van der Waals surface area contributed by atoms with Crippen molar-refractivity contribution in [2.24, 2.45) is 12.5 Å². The van der Waals surface area contributed by atoms with Crippen LogP contribution in [0.5, 0.6) is 0 Å². The SMILES string of the molecule is Cn1c(C2CC2(C)C)cc(=O)n1-c1ccccc1C(F)(F)F. The average Bonchev–Trinajstić information content (AvgIpc) is 2.93. The van der Waals surface area contributed by atoms with Crippen LogP contribution in [0.25, 0.3) is 5.69 Å². The number of halogens is 3. The summed E-state index contributed by atoms with van der Waals surface area (Å²) in [6.45, 7) is 4.17. The van der Waals surface area contributed by atoms with Crippen LogP contribution < -0.4 is 5.56 Å². The van der Waals surface area contributed by atoms with Gasteiger partial charge < -0.3 is 0 Å². The fourth-order valence-electron chi connectivity index (χ4n) is 3.02. The maximum absolute atomic E-state index is 13.2. The molecule has 3 nitrogen and oxygen atoms in total. The second kappa shape index (κ2) is 4.51. The van der Waals surface area contributed by atoms with Crippen LogP contribution >= 0.6 is 0 Å². The van der Waals surface area contributed by atoms with E-state index in [1.165, 1.54) is 24.3 Å². The highest BCUT2D eigenvalue weighted by molar-refractivity contribution is 5.43. The highest BCUT2D eigenvalue weighted by atomic mass is 19.4. The number of aromatic nitrogens is 2. The normalized spacial score (nSPS) is 20.2. The van der Waals surface area contributed by atoms with Crippen LogP contribution in [0.2, 0.25) is 0 Å². The van der Waals surface area contributed by atoms with Crippen molar-refractivity contribution in [1.82, 2.24) is 9.36 Å². The highest BCUT2D eigenvalue weighted by Gasteiger charge is 2.48. The van der Waals surface area contributed by atoms with Crippen LogP contribution in [0.3, 0.4) is 0 Å². The number of benzene rings is 1. The molecule has 3 rings (SSSR count). The lowest BCUT2D eigenvalue weighted by molar-refractivity contribution is -0.137. The van der Waals surface area contributed by atoms with Crippen LogP contribution in [-0.2, 0) is 13.2 Å². The van der Waals surface area contributed by atoms with Gasteiger partial charge in [0.2, 0.25) is 0 Å². The molecule has 1 aromatic carbocycles. The Morgan fingerprint density at radius 3 is 2.36 bits per heavy atom. The van der Waals surface area contributed by atoms with Gasteiger partial charge in [-0.25, -0.2) is 4.68 Å². The molecule has 1 saturated carbocycles. The number of para-hydroxylation sites is 1. The third-order valence-corrected chi connectivity index (χ3v) is 4.46. The van der Waals surface area contributed by atoms with Crippen LogP contribution in [0.1, 0.15) is 37.4 Å². The number of alkyl halides is 3. The molecule has 0 amide bonds. The molecule has 1 aromatic heterocycles. The molecular weight excluding hydrogens is 293 g/mol. The molecule has 0 radical (unpaired) electrons. The van der Waals surface area contributed by atoms with E-state index in [-0.39, 0.29) is 17.0 Å². The van der Waals surface area contributed by atoms with E-state index < -0.39 is 17.3 Å². The number of nitrogens with zero attached hydrogens (tertiary/aromatic N) is 2. The van der Waals surface area contributed by atoms with E-state index in [4.69, 9.17) is 0 Å². The first-order valence-corrected chi connectivity index (χ1v) is 7.08. The van der Waals surface area contributed by atoms with Gasteiger partial charge in [0.15, 0.2) is 0 Å². The fraction of sp³-hybridized carbons (Fsp3) is 0.438. The van der Waals surface area contributed by atoms with Crippen molar-refractivity contribution in [1.29, 1.82) is 0 Å². The van der Waals surface area contributed by atoms with E-state index in [2.05, 4.69) is 13.8 Å². The Labute approximate surface area is 126 Å². The summed E-state index contributed by atoms with van der Waals surface area (Å²) in [5.74, 6) is 0.212. The van der Waals surface area contributed by atoms with E-state index >= 15 is 0 Å². The first-order chi connectivity index (χ1) is 10.1. The molecule has 22 heavy (non-hydrogen) atoms. The van der Waals surface area contributed by atoms with Crippen LogP contribution in [0, 0.1) is 5.41 Å². The minimum atomic E-state index is -4.50. The Balaban J connectivity index is 2.17. The van der Waals surface area contributed by atoms with Gasteiger partial charge in [0, 0.05) is 24.7 Å². The second-order valence-corrected chi connectivity index (χ2v) is 6.50. The number of rotatable bonds is 2. The topological polar surface area (TPSA) is 26.9 Å². The molecule has 1 fully saturated rings. The third kappa shape index (κ3) is 2.26. The van der Waals surface area contributed by atoms with Crippen molar-refractivity contribution in [3.8, 4) is 5.69 Å². The largest absolute Gasteiger partial charge is 0.418 e. The zero-order valence-corrected chi connectivity index (χ0v) is 12.6. The van der Waals surface area contributed by atoms with Crippen molar-refractivity contribution < 1.29 is 13.2 Å². The van der Waals surface area contributed by atoms with Gasteiger partial charge in [-0.3, -0.25) is 9.48 Å². The Morgan fingerprint density at radius 2 is 1.82 bits per heavy atom. The predicted molar refractivity (Wildman–Crippen MR) is 77.2 cm³/mol. The molecule has 0 aliphatic heterocycles. The van der Waals surface area contributed by atoms with E-state index in [1.807, 2.05) is 0 Å². The molecule has 0 bridgehead atoms. The van der Waals surface area contributed by atoms with Crippen molar-refractivity contribution in [2.75, 3.05) is 0 Å². The summed E-state index contributed by atoms with van der Waals surface area (Å²) < 4.78 is 42.2. The van der Waals surface area contributed by atoms with Crippen molar-refractivity contribution in [3.63, 3.8) is 0 Å². The maximum Gasteiger partial charge on any atom is 0.418 e. The monoisotopic (exact) mass is 310 g/mol. The molecule has 118 valence electrons. The predicted octanol–water partition coefficient (Wildman–Crippen LogP) is 3.71. The first-order valence-electron chi connectivity index (χ1n) is 7.08. The van der Waals surface area contributed by atoms with Crippen LogP contribution in [-0.4, -0.2) is 9.36 Å². The zero-order chi connectivity index (χ0) is 16.3. The standard InChI is InChI=1S/C16H17F3N2O/c1-15(2)9-11(15)13-8-14(22)21(20(13)3)12-7-5-4-6-10(12)16(17,18)19/h4-8,11H,9H2,1-3H3. The minimum Gasteiger partial charge on any atom is -0.285 e. The molecule has 1 heterocycles. The van der Waals surface area contributed by atoms with E-state index in [0.29, 0.717) is 0 Å². The molecule has 0 spiro atoms. The molecule has 1 aliphatic rings. The van der Waals surface area contributed by atoms with Crippen LogP contribution in [0.4, 0.5) is 13.2 Å². The molecule has 0 N–H and O–H groups in total. The van der Waals surface area contributed by atoms with E-state index in [9.17, 15) is 18.0 Å². The average molecular weight is 310 g/mol. The highest BCUT2D eigenvalue weighted by Crippen LogP contribution is 2.58. The Hall–Kier alpha value is -1.98. The summed E-state index contributed by atoms with van der Waals surface area (Å²) in [6.07, 6.45) is -3.56. The lowest BCUT2D eigenvalue weighted by Gasteiger charge is -2.16. The van der Waals surface area contributed by atoms with Crippen molar-refractivity contribution >= 4 is 0 Å². The van der Waals surface area contributed by atoms with Crippen LogP contribution in [0.15, 0.2) is 35.1 Å². The van der Waals surface area contributed by atoms with Gasteiger partial charge in [-0.05, 0) is 24.0 Å². The van der Waals surface area contributed by atoms with Gasteiger partial charge in [0.1, 0.15) is 0 Å². The second-order valence-electron chi connectivity index (χ2n) is 6.50. The molecule has 1 aliphatic carbocycles. The quantitative estimate of drug-likeness (QED) is 0.831. The van der Waals surface area contributed by atoms with E-state index in [0.717, 1.165) is 22.9 Å². The minimum absolute atomic E-state index is 0.0972. The number of hydrogen-bond acceptors (Lipinski definition) is 1. The fourth-order valence-corrected chi connectivity index (χ4v) is 3.02. The summed E-state index contributed by atoms with van der Waals surface area (Å²) in [7, 11) is 1.64. The van der Waals surface area contributed by atoms with Gasteiger partial charge in [-0.15, -0.1) is 0 Å². The molecule has 6 heteroatoms. The Kier molecular flexibility index (Phi) is 3.06. The van der Waals surface area contributed by atoms with Crippen molar-refractivity contribution in [2.45, 2.75) is 32.4 Å². The first kappa shape index (κ1) is 14.9. The third-order valence-electron chi connectivity index (χ3n) is 4.46. The molecule has 1 unspecified atom stereocenters. The summed E-state index contributed by atoms with van der Waals surface area (Å²) in [5.41, 5.74) is -0.490. The van der Waals surface area contributed by atoms with Gasteiger partial charge in [0.05, 0.1) is 11.3 Å². The van der Waals surface area contributed by atoms with Crippen molar-refractivity contribution in [3.05, 3.63) is 51.9 Å². The zero-order valence-electron chi connectivity index (χ0n) is 12.6. The summed E-state index contributed by atoms with van der Waals surface area (Å²) in [6, 6.07) is 6.60. The van der Waals surface area contributed by atoms with Gasteiger partial charge in [-0.2, -0.15) is 13.2 Å². The Bertz CT molecular complexity index is 783. The lowest BCUT2D eigenvalue weighted by Crippen LogP contribution is -2.23.